The van der Waals surface area contributed by atoms with Crippen molar-refractivity contribution in [2.45, 2.75) is 20.3 Å². The molecule has 0 radical (unpaired) electrons. The van der Waals surface area contributed by atoms with Gasteiger partial charge in [-0.15, -0.1) is 0 Å². The van der Waals surface area contributed by atoms with Gasteiger partial charge in [0.05, 0.1) is 18.1 Å². The minimum absolute atomic E-state index is 0.146. The van der Waals surface area contributed by atoms with Gasteiger partial charge in [0.2, 0.25) is 11.6 Å². The number of aryl methyl sites for hydroxylation is 2. The smallest absolute Gasteiger partial charge is 0.353 e. The van der Waals surface area contributed by atoms with Crippen LogP contribution in [-0.4, -0.2) is 59.2 Å². The van der Waals surface area contributed by atoms with Crippen molar-refractivity contribution in [3.8, 4) is 0 Å². The van der Waals surface area contributed by atoms with Gasteiger partial charge >= 0.3 is 5.69 Å². The predicted molar refractivity (Wildman–Crippen MR) is 108 cm³/mol. The van der Waals surface area contributed by atoms with Crippen molar-refractivity contribution in [1.29, 1.82) is 0 Å². The zero-order valence-corrected chi connectivity index (χ0v) is 16.3. The summed E-state index contributed by atoms with van der Waals surface area (Å²) in [7, 11) is 0. The van der Waals surface area contributed by atoms with Crippen LogP contribution in [0.25, 0.3) is 0 Å². The van der Waals surface area contributed by atoms with Crippen LogP contribution in [0, 0.1) is 24.0 Å². The van der Waals surface area contributed by atoms with Crippen molar-refractivity contribution in [2.75, 3.05) is 50.0 Å². The van der Waals surface area contributed by atoms with Crippen molar-refractivity contribution in [2.24, 2.45) is 0 Å². The third-order valence-electron chi connectivity index (χ3n) is 4.82. The van der Waals surface area contributed by atoms with Gasteiger partial charge in [-0.1, -0.05) is 6.07 Å². The molecule has 9 heteroatoms. The van der Waals surface area contributed by atoms with Gasteiger partial charge in [-0.2, -0.15) is 0 Å². The summed E-state index contributed by atoms with van der Waals surface area (Å²) in [5.41, 5.74) is 2.86. The van der Waals surface area contributed by atoms with Crippen LogP contribution in [0.15, 0.2) is 24.5 Å². The number of nitro groups is 1. The summed E-state index contributed by atoms with van der Waals surface area (Å²) in [6.45, 7) is 8.91. The summed E-state index contributed by atoms with van der Waals surface area (Å²) in [6.07, 6.45) is 2.20. The fourth-order valence-electron chi connectivity index (χ4n) is 3.06. The van der Waals surface area contributed by atoms with E-state index in [4.69, 9.17) is 4.74 Å². The van der Waals surface area contributed by atoms with Gasteiger partial charge in [-0.25, -0.2) is 9.97 Å². The molecule has 1 aliphatic rings. The Hall–Kier alpha value is -2.78. The monoisotopic (exact) mass is 386 g/mol. The van der Waals surface area contributed by atoms with Crippen LogP contribution in [0.1, 0.15) is 17.5 Å². The van der Waals surface area contributed by atoms with E-state index in [1.54, 1.807) is 0 Å². The second-order valence-corrected chi connectivity index (χ2v) is 6.83. The molecule has 150 valence electrons. The Kier molecular flexibility index (Phi) is 6.72. The Morgan fingerprint density at radius 2 is 1.93 bits per heavy atom. The topological polar surface area (TPSA) is 105 Å². The van der Waals surface area contributed by atoms with Crippen LogP contribution in [0.5, 0.6) is 0 Å². The summed E-state index contributed by atoms with van der Waals surface area (Å²) in [5, 5.41) is 17.8. The molecular formula is C19H26N6O3. The van der Waals surface area contributed by atoms with E-state index in [1.807, 2.05) is 32.0 Å². The first-order chi connectivity index (χ1) is 13.5. The van der Waals surface area contributed by atoms with Crippen molar-refractivity contribution in [1.82, 2.24) is 14.9 Å². The van der Waals surface area contributed by atoms with Crippen molar-refractivity contribution in [3.63, 3.8) is 0 Å². The Balaban J connectivity index is 1.66. The van der Waals surface area contributed by atoms with E-state index in [9.17, 15) is 10.1 Å². The van der Waals surface area contributed by atoms with E-state index in [0.717, 1.165) is 56.1 Å². The molecule has 0 atom stereocenters. The minimum atomic E-state index is -0.451. The lowest BCUT2D eigenvalue weighted by molar-refractivity contribution is -0.383. The zero-order valence-electron chi connectivity index (χ0n) is 16.3. The van der Waals surface area contributed by atoms with E-state index in [-0.39, 0.29) is 17.3 Å². The maximum absolute atomic E-state index is 11.7. The second-order valence-electron chi connectivity index (χ2n) is 6.83. The maximum Gasteiger partial charge on any atom is 0.353 e. The van der Waals surface area contributed by atoms with Gasteiger partial charge in [-0.05, 0) is 50.1 Å². The first-order valence-electron chi connectivity index (χ1n) is 9.42. The first-order valence-corrected chi connectivity index (χ1v) is 9.42. The van der Waals surface area contributed by atoms with Gasteiger partial charge in [0.15, 0.2) is 0 Å². The van der Waals surface area contributed by atoms with Gasteiger partial charge < -0.3 is 15.4 Å². The average molecular weight is 386 g/mol. The number of nitrogens with one attached hydrogen (secondary N) is 2. The lowest BCUT2D eigenvalue weighted by atomic mass is 10.1. The Morgan fingerprint density at radius 1 is 1.18 bits per heavy atom. The molecule has 0 bridgehead atoms. The van der Waals surface area contributed by atoms with Crippen LogP contribution in [0.4, 0.5) is 23.0 Å². The number of anilines is 3. The number of morpholine rings is 1. The highest BCUT2D eigenvalue weighted by Gasteiger charge is 2.23. The highest BCUT2D eigenvalue weighted by molar-refractivity contribution is 5.73. The van der Waals surface area contributed by atoms with Gasteiger partial charge in [-0.3, -0.25) is 15.0 Å². The summed E-state index contributed by atoms with van der Waals surface area (Å²) < 4.78 is 5.34. The highest BCUT2D eigenvalue weighted by Crippen LogP contribution is 2.31. The molecule has 1 aliphatic heterocycles. The van der Waals surface area contributed by atoms with Crippen LogP contribution < -0.4 is 10.6 Å². The quantitative estimate of drug-likeness (QED) is 0.405. The van der Waals surface area contributed by atoms with Crippen LogP contribution >= 0.6 is 0 Å². The summed E-state index contributed by atoms with van der Waals surface area (Å²) >= 11 is 0. The molecule has 2 aromatic rings. The number of ether oxygens (including phenoxy) is 1. The van der Waals surface area contributed by atoms with Crippen molar-refractivity contribution < 1.29 is 9.66 Å². The molecule has 2 N–H and O–H groups in total. The second kappa shape index (κ2) is 9.43. The molecule has 1 saturated heterocycles. The zero-order chi connectivity index (χ0) is 19.9. The van der Waals surface area contributed by atoms with Crippen LogP contribution in [-0.2, 0) is 4.74 Å². The molecule has 1 aromatic heterocycles. The molecule has 9 nitrogen and oxygen atoms in total. The molecule has 0 amide bonds. The summed E-state index contributed by atoms with van der Waals surface area (Å²) in [5.74, 6) is 0.409. The number of hydrogen-bond donors (Lipinski definition) is 2. The fourth-order valence-corrected chi connectivity index (χ4v) is 3.06. The molecule has 1 fully saturated rings. The SMILES string of the molecule is Cc1ccc(Nc2ncnc(NCCCN3CCOCC3)c2[N+](=O)[O-])cc1C. The standard InChI is InChI=1S/C19H26N6O3/c1-14-4-5-16(12-15(14)2)23-19-17(25(26)27)18(21-13-22-19)20-6-3-7-24-8-10-28-11-9-24/h4-5,12-13H,3,6-11H2,1-2H3,(H2,20,21,22,23). The molecule has 28 heavy (non-hydrogen) atoms. The number of nitrogens with zero attached hydrogens (tertiary/aromatic N) is 4. The molecule has 2 heterocycles. The Labute approximate surface area is 164 Å². The van der Waals surface area contributed by atoms with Crippen LogP contribution in [0.2, 0.25) is 0 Å². The third-order valence-corrected chi connectivity index (χ3v) is 4.82. The molecular weight excluding hydrogens is 360 g/mol. The number of benzene rings is 1. The molecule has 0 aliphatic carbocycles. The summed E-state index contributed by atoms with van der Waals surface area (Å²) in [4.78, 5) is 21.7. The predicted octanol–water partition coefficient (Wildman–Crippen LogP) is 2.88. The van der Waals surface area contributed by atoms with Crippen molar-refractivity contribution >= 4 is 23.0 Å². The molecule has 0 saturated carbocycles. The third kappa shape index (κ3) is 5.14. The maximum atomic E-state index is 11.7. The van der Waals surface area contributed by atoms with Gasteiger partial charge in [0, 0.05) is 25.3 Å². The number of aromatic nitrogens is 2. The lowest BCUT2D eigenvalue weighted by Gasteiger charge is -2.26. The van der Waals surface area contributed by atoms with E-state index >= 15 is 0 Å². The molecule has 1 aromatic carbocycles. The number of hydrogen-bond acceptors (Lipinski definition) is 8. The first kappa shape index (κ1) is 20.0. The Bertz CT molecular complexity index is 823. The molecule has 0 unspecified atom stereocenters. The average Bonchev–Trinajstić information content (AvgIpc) is 2.69. The molecule has 3 rings (SSSR count). The molecule has 0 spiro atoms. The fraction of sp³-hybridized carbons (Fsp3) is 0.474. The van der Waals surface area contributed by atoms with Crippen LogP contribution in [0.3, 0.4) is 0 Å². The van der Waals surface area contributed by atoms with Gasteiger partial charge in [0.25, 0.3) is 0 Å². The summed E-state index contributed by atoms with van der Waals surface area (Å²) in [6, 6.07) is 5.79. The van der Waals surface area contributed by atoms with E-state index < -0.39 is 4.92 Å². The minimum Gasteiger partial charge on any atom is -0.379 e. The largest absolute Gasteiger partial charge is 0.379 e. The Morgan fingerprint density at radius 3 is 2.64 bits per heavy atom. The van der Waals surface area contributed by atoms with E-state index in [1.165, 1.54) is 6.33 Å². The van der Waals surface area contributed by atoms with E-state index in [2.05, 4.69) is 25.5 Å². The van der Waals surface area contributed by atoms with Crippen molar-refractivity contribution in [3.05, 3.63) is 45.8 Å². The van der Waals surface area contributed by atoms with Gasteiger partial charge in [0.1, 0.15) is 6.33 Å². The lowest BCUT2D eigenvalue weighted by Crippen LogP contribution is -2.37. The number of rotatable bonds is 8. The highest BCUT2D eigenvalue weighted by atomic mass is 16.6. The van der Waals surface area contributed by atoms with E-state index in [0.29, 0.717) is 6.54 Å². The normalized spacial score (nSPS) is 14.6.